The van der Waals surface area contributed by atoms with Crippen molar-refractivity contribution in [2.24, 2.45) is 23.0 Å². The molecule has 0 amide bonds. The smallest absolute Gasteiger partial charge is 0.0621 e. The van der Waals surface area contributed by atoms with Gasteiger partial charge in [-0.05, 0) is 55.9 Å². The van der Waals surface area contributed by atoms with E-state index in [1.807, 2.05) is 0 Å². The first-order valence-electron chi connectivity index (χ1n) is 7.86. The summed E-state index contributed by atoms with van der Waals surface area (Å²) in [5, 5.41) is 0. The first kappa shape index (κ1) is 14.3. The third kappa shape index (κ3) is 3.48. The lowest BCUT2D eigenvalue weighted by molar-refractivity contribution is -0.0774. The van der Waals surface area contributed by atoms with Crippen LogP contribution in [0.2, 0.25) is 0 Å². The summed E-state index contributed by atoms with van der Waals surface area (Å²) in [6.07, 6.45) is 10.0. The molecule has 3 unspecified atom stereocenters. The highest BCUT2D eigenvalue weighted by Gasteiger charge is 2.37. The van der Waals surface area contributed by atoms with E-state index in [4.69, 9.17) is 10.5 Å². The summed E-state index contributed by atoms with van der Waals surface area (Å²) >= 11 is 0. The Labute approximate surface area is 113 Å². The minimum absolute atomic E-state index is 0.414. The summed E-state index contributed by atoms with van der Waals surface area (Å²) in [5.41, 5.74) is 6.36. The topological polar surface area (TPSA) is 35.2 Å². The van der Waals surface area contributed by atoms with Crippen LogP contribution >= 0.6 is 0 Å². The Morgan fingerprint density at radius 2 is 1.72 bits per heavy atom. The van der Waals surface area contributed by atoms with E-state index in [2.05, 4.69) is 20.8 Å². The zero-order valence-electron chi connectivity index (χ0n) is 12.5. The number of nitrogens with two attached hydrogens (primary N) is 1. The summed E-state index contributed by atoms with van der Waals surface area (Å²) in [6, 6.07) is 0. The van der Waals surface area contributed by atoms with Crippen LogP contribution in [0.5, 0.6) is 0 Å². The van der Waals surface area contributed by atoms with Gasteiger partial charge in [0.15, 0.2) is 0 Å². The molecular weight excluding hydrogens is 222 g/mol. The minimum Gasteiger partial charge on any atom is -0.375 e. The van der Waals surface area contributed by atoms with Crippen LogP contribution in [0, 0.1) is 17.3 Å². The van der Waals surface area contributed by atoms with E-state index in [0.717, 1.165) is 12.5 Å². The molecule has 0 aromatic carbocycles. The molecule has 2 N–H and O–H groups in total. The van der Waals surface area contributed by atoms with Crippen LogP contribution in [0.3, 0.4) is 0 Å². The van der Waals surface area contributed by atoms with Gasteiger partial charge in [-0.25, -0.2) is 0 Å². The molecule has 0 aliphatic heterocycles. The number of hydrogen-bond acceptors (Lipinski definition) is 2. The molecule has 0 heterocycles. The molecule has 0 spiro atoms. The van der Waals surface area contributed by atoms with E-state index < -0.39 is 0 Å². The summed E-state index contributed by atoms with van der Waals surface area (Å²) in [7, 11) is 0. The van der Waals surface area contributed by atoms with Gasteiger partial charge >= 0.3 is 0 Å². The lowest BCUT2D eigenvalue weighted by atomic mass is 9.68. The summed E-state index contributed by atoms with van der Waals surface area (Å²) in [4.78, 5) is 0. The van der Waals surface area contributed by atoms with Gasteiger partial charge in [-0.1, -0.05) is 33.6 Å². The van der Waals surface area contributed by atoms with E-state index in [9.17, 15) is 0 Å². The predicted molar refractivity (Wildman–Crippen MR) is 76.5 cm³/mol. The molecule has 0 saturated heterocycles. The Morgan fingerprint density at radius 1 is 1.06 bits per heavy atom. The van der Waals surface area contributed by atoms with E-state index in [1.54, 1.807) is 0 Å². The molecule has 3 atom stereocenters. The fraction of sp³-hybridized carbons (Fsp3) is 1.00. The molecule has 2 heteroatoms. The molecule has 0 aromatic heterocycles. The zero-order chi connectivity index (χ0) is 13.2. The van der Waals surface area contributed by atoms with Crippen molar-refractivity contribution in [3.63, 3.8) is 0 Å². The second-order valence-electron chi connectivity index (χ2n) is 7.45. The van der Waals surface area contributed by atoms with Gasteiger partial charge in [-0.3, -0.25) is 0 Å². The Morgan fingerprint density at radius 3 is 2.28 bits per heavy atom. The normalized spacial score (nSPS) is 35.0. The van der Waals surface area contributed by atoms with E-state index in [-0.39, 0.29) is 0 Å². The van der Waals surface area contributed by atoms with Crippen molar-refractivity contribution in [1.29, 1.82) is 0 Å². The highest BCUT2D eigenvalue weighted by molar-refractivity contribution is 4.87. The van der Waals surface area contributed by atoms with Crippen molar-refractivity contribution in [2.45, 2.75) is 77.9 Å². The molecule has 18 heavy (non-hydrogen) atoms. The SMILES string of the molecule is CC(C)(C)C1CCC(CN)C(OC2CCCC2)C1. The van der Waals surface area contributed by atoms with E-state index in [0.29, 0.717) is 23.5 Å². The lowest BCUT2D eigenvalue weighted by Gasteiger charge is -2.42. The average Bonchev–Trinajstić information content (AvgIpc) is 2.80. The summed E-state index contributed by atoms with van der Waals surface area (Å²) < 4.78 is 6.40. The molecule has 0 aromatic rings. The first-order valence-corrected chi connectivity index (χ1v) is 7.86. The molecule has 0 bridgehead atoms. The largest absolute Gasteiger partial charge is 0.375 e. The second-order valence-corrected chi connectivity index (χ2v) is 7.45. The molecule has 2 saturated carbocycles. The van der Waals surface area contributed by atoms with E-state index >= 15 is 0 Å². The molecular formula is C16H31NO. The van der Waals surface area contributed by atoms with Crippen LogP contribution in [0.15, 0.2) is 0 Å². The minimum atomic E-state index is 0.414. The Kier molecular flexibility index (Phi) is 4.71. The molecule has 2 fully saturated rings. The van der Waals surface area contributed by atoms with Gasteiger partial charge in [0.2, 0.25) is 0 Å². The molecule has 2 nitrogen and oxygen atoms in total. The third-order valence-electron chi connectivity index (χ3n) is 5.13. The summed E-state index contributed by atoms with van der Waals surface area (Å²) in [5.74, 6) is 1.40. The number of ether oxygens (including phenoxy) is 1. The van der Waals surface area contributed by atoms with Crippen molar-refractivity contribution in [3.8, 4) is 0 Å². The Bertz CT molecular complexity index is 252. The number of rotatable bonds is 3. The average molecular weight is 253 g/mol. The van der Waals surface area contributed by atoms with Crippen molar-refractivity contribution in [1.82, 2.24) is 0 Å². The van der Waals surface area contributed by atoms with Gasteiger partial charge in [0, 0.05) is 0 Å². The quantitative estimate of drug-likeness (QED) is 0.831. The fourth-order valence-corrected chi connectivity index (χ4v) is 3.69. The van der Waals surface area contributed by atoms with E-state index in [1.165, 1.54) is 44.9 Å². The van der Waals surface area contributed by atoms with Crippen LogP contribution in [-0.2, 0) is 4.74 Å². The zero-order valence-corrected chi connectivity index (χ0v) is 12.5. The maximum absolute atomic E-state index is 6.40. The van der Waals surface area contributed by atoms with Crippen molar-refractivity contribution < 1.29 is 4.74 Å². The van der Waals surface area contributed by atoms with Gasteiger partial charge in [0.25, 0.3) is 0 Å². The molecule has 2 aliphatic carbocycles. The molecule has 2 rings (SSSR count). The highest BCUT2D eigenvalue weighted by atomic mass is 16.5. The Balaban J connectivity index is 1.94. The first-order chi connectivity index (χ1) is 8.50. The van der Waals surface area contributed by atoms with Crippen LogP contribution in [0.25, 0.3) is 0 Å². The van der Waals surface area contributed by atoms with Crippen molar-refractivity contribution in [3.05, 3.63) is 0 Å². The Hall–Kier alpha value is -0.0800. The maximum Gasteiger partial charge on any atom is 0.0621 e. The third-order valence-corrected chi connectivity index (χ3v) is 5.13. The monoisotopic (exact) mass is 253 g/mol. The van der Waals surface area contributed by atoms with Crippen LogP contribution in [0.4, 0.5) is 0 Å². The molecule has 0 radical (unpaired) electrons. The van der Waals surface area contributed by atoms with Gasteiger partial charge in [0.05, 0.1) is 12.2 Å². The van der Waals surface area contributed by atoms with Crippen LogP contribution in [0.1, 0.15) is 65.7 Å². The second kappa shape index (κ2) is 5.92. The lowest BCUT2D eigenvalue weighted by Crippen LogP contribution is -2.41. The van der Waals surface area contributed by atoms with Crippen LogP contribution in [-0.4, -0.2) is 18.8 Å². The van der Waals surface area contributed by atoms with Crippen molar-refractivity contribution in [2.75, 3.05) is 6.54 Å². The molecule has 2 aliphatic rings. The standard InChI is InChI=1S/C16H31NO/c1-16(2,3)13-9-8-12(11-17)15(10-13)18-14-6-4-5-7-14/h12-15H,4-11,17H2,1-3H3. The van der Waals surface area contributed by atoms with Gasteiger partial charge in [0.1, 0.15) is 0 Å². The van der Waals surface area contributed by atoms with Crippen LogP contribution < -0.4 is 5.73 Å². The summed E-state index contributed by atoms with van der Waals surface area (Å²) in [6.45, 7) is 7.90. The highest BCUT2D eigenvalue weighted by Crippen LogP contribution is 2.41. The van der Waals surface area contributed by atoms with Gasteiger partial charge in [-0.2, -0.15) is 0 Å². The maximum atomic E-state index is 6.40. The van der Waals surface area contributed by atoms with Gasteiger partial charge < -0.3 is 10.5 Å². The van der Waals surface area contributed by atoms with Gasteiger partial charge in [-0.15, -0.1) is 0 Å². The number of hydrogen-bond donors (Lipinski definition) is 1. The predicted octanol–water partition coefficient (Wildman–Crippen LogP) is 3.74. The van der Waals surface area contributed by atoms with Crippen molar-refractivity contribution >= 4 is 0 Å². The fourth-order valence-electron chi connectivity index (χ4n) is 3.69. The molecule has 106 valence electrons.